The van der Waals surface area contributed by atoms with Crippen LogP contribution in [0.25, 0.3) is 10.9 Å². The highest BCUT2D eigenvalue weighted by Gasteiger charge is 2.16. The highest BCUT2D eigenvalue weighted by Crippen LogP contribution is 2.25. The predicted octanol–water partition coefficient (Wildman–Crippen LogP) is 4.06. The number of fused-ring (bicyclic) bond motifs is 1. The number of esters is 1. The quantitative estimate of drug-likeness (QED) is 0.506. The highest BCUT2D eigenvalue weighted by atomic mass is 16.5. The Balaban J connectivity index is 1.79. The summed E-state index contributed by atoms with van der Waals surface area (Å²) >= 11 is 0. The highest BCUT2D eigenvalue weighted by molar-refractivity contribution is 6.00. The first-order valence-electron chi connectivity index (χ1n) is 8.92. The third-order valence-electron chi connectivity index (χ3n) is 4.24. The van der Waals surface area contributed by atoms with E-state index in [-0.39, 0.29) is 36.7 Å². The second-order valence-corrected chi connectivity index (χ2v) is 6.27. The number of carbonyl (C=O) groups excluding carboxylic acids is 2. The van der Waals surface area contributed by atoms with Gasteiger partial charge in [-0.05, 0) is 42.7 Å². The van der Waals surface area contributed by atoms with Crippen molar-refractivity contribution in [3.05, 3.63) is 71.4 Å². The standard InChI is InChI=1S/C22H21NO4/c1-2-27-21(26)11-10-19(24)22-20(25)14-17-13-16(8-9-18(17)23-22)12-15-6-4-3-5-7-15/h3-9,13-14,25H,2,10-12H2,1H3. The number of carbonyl (C=O) groups is 2. The molecule has 3 rings (SSSR count). The molecule has 0 saturated heterocycles. The van der Waals surface area contributed by atoms with Crippen molar-refractivity contribution in [2.24, 2.45) is 0 Å². The van der Waals surface area contributed by atoms with E-state index in [1.807, 2.05) is 36.4 Å². The van der Waals surface area contributed by atoms with Gasteiger partial charge >= 0.3 is 5.97 Å². The van der Waals surface area contributed by atoms with Gasteiger partial charge in [0.1, 0.15) is 11.4 Å². The van der Waals surface area contributed by atoms with Gasteiger partial charge in [-0.1, -0.05) is 36.4 Å². The number of rotatable bonds is 7. The largest absolute Gasteiger partial charge is 0.506 e. The lowest BCUT2D eigenvalue weighted by Gasteiger charge is -2.08. The molecule has 0 unspecified atom stereocenters. The number of ether oxygens (including phenoxy) is 1. The van der Waals surface area contributed by atoms with Gasteiger partial charge in [0.2, 0.25) is 0 Å². The number of hydrogen-bond acceptors (Lipinski definition) is 5. The van der Waals surface area contributed by atoms with E-state index in [4.69, 9.17) is 4.74 Å². The zero-order chi connectivity index (χ0) is 19.2. The van der Waals surface area contributed by atoms with Crippen LogP contribution in [0.5, 0.6) is 5.75 Å². The lowest BCUT2D eigenvalue weighted by Crippen LogP contribution is -2.09. The van der Waals surface area contributed by atoms with Crippen LogP contribution >= 0.6 is 0 Å². The molecule has 1 heterocycles. The smallest absolute Gasteiger partial charge is 0.306 e. The van der Waals surface area contributed by atoms with E-state index in [2.05, 4.69) is 17.1 Å². The van der Waals surface area contributed by atoms with Crippen molar-refractivity contribution in [1.29, 1.82) is 0 Å². The molecule has 0 amide bonds. The van der Waals surface area contributed by atoms with Gasteiger partial charge in [0.05, 0.1) is 18.5 Å². The molecule has 27 heavy (non-hydrogen) atoms. The number of ketones is 1. The summed E-state index contributed by atoms with van der Waals surface area (Å²) in [5.74, 6) is -0.985. The zero-order valence-electron chi connectivity index (χ0n) is 15.1. The van der Waals surface area contributed by atoms with Gasteiger partial charge in [-0.25, -0.2) is 4.98 Å². The molecule has 1 N–H and O–H groups in total. The maximum Gasteiger partial charge on any atom is 0.306 e. The summed E-state index contributed by atoms with van der Waals surface area (Å²) in [6.07, 6.45) is 0.705. The van der Waals surface area contributed by atoms with E-state index in [1.54, 1.807) is 13.0 Å². The van der Waals surface area contributed by atoms with Crippen LogP contribution in [0, 0.1) is 0 Å². The first-order valence-corrected chi connectivity index (χ1v) is 8.92. The van der Waals surface area contributed by atoms with E-state index in [1.165, 1.54) is 5.56 Å². The first-order chi connectivity index (χ1) is 13.1. The van der Waals surface area contributed by atoms with Gasteiger partial charge in [-0.15, -0.1) is 0 Å². The van der Waals surface area contributed by atoms with Crippen molar-refractivity contribution in [3.63, 3.8) is 0 Å². The van der Waals surface area contributed by atoms with Gasteiger partial charge in [-0.2, -0.15) is 0 Å². The van der Waals surface area contributed by atoms with Crippen LogP contribution in [0.15, 0.2) is 54.6 Å². The molecule has 0 fully saturated rings. The number of nitrogens with zero attached hydrogens (tertiary/aromatic N) is 1. The number of hydrogen-bond donors (Lipinski definition) is 1. The summed E-state index contributed by atoms with van der Waals surface area (Å²) in [6, 6.07) is 17.4. The SMILES string of the molecule is CCOC(=O)CCC(=O)c1nc2ccc(Cc3ccccc3)cc2cc1O. The lowest BCUT2D eigenvalue weighted by atomic mass is 10.0. The third-order valence-corrected chi connectivity index (χ3v) is 4.24. The Morgan fingerprint density at radius 2 is 1.78 bits per heavy atom. The fourth-order valence-electron chi connectivity index (χ4n) is 2.93. The molecule has 0 aliphatic heterocycles. The topological polar surface area (TPSA) is 76.5 Å². The Hall–Kier alpha value is -3.21. The Bertz CT molecular complexity index is 967. The van der Waals surface area contributed by atoms with Crippen LogP contribution in [0.3, 0.4) is 0 Å². The van der Waals surface area contributed by atoms with Crippen LogP contribution in [0.4, 0.5) is 0 Å². The van der Waals surface area contributed by atoms with Crippen molar-refractivity contribution < 1.29 is 19.4 Å². The maximum atomic E-state index is 12.3. The summed E-state index contributed by atoms with van der Waals surface area (Å²) in [5.41, 5.74) is 2.91. The average molecular weight is 363 g/mol. The summed E-state index contributed by atoms with van der Waals surface area (Å²) in [6.45, 7) is 1.99. The fourth-order valence-corrected chi connectivity index (χ4v) is 2.93. The van der Waals surface area contributed by atoms with Gasteiger partial charge < -0.3 is 9.84 Å². The van der Waals surface area contributed by atoms with Crippen molar-refractivity contribution in [2.75, 3.05) is 6.61 Å². The van der Waals surface area contributed by atoms with E-state index in [0.29, 0.717) is 5.52 Å². The molecular formula is C22H21NO4. The molecule has 5 heteroatoms. The minimum atomic E-state index is -0.434. The molecule has 5 nitrogen and oxygen atoms in total. The zero-order valence-corrected chi connectivity index (χ0v) is 15.1. The lowest BCUT2D eigenvalue weighted by molar-refractivity contribution is -0.143. The van der Waals surface area contributed by atoms with E-state index < -0.39 is 5.97 Å². The number of Topliss-reactive ketones (excluding diaryl/α,β-unsaturated/α-hetero) is 1. The maximum absolute atomic E-state index is 12.3. The van der Waals surface area contributed by atoms with Crippen LogP contribution in [0.1, 0.15) is 41.4 Å². The van der Waals surface area contributed by atoms with Crippen molar-refractivity contribution in [1.82, 2.24) is 4.98 Å². The van der Waals surface area contributed by atoms with Gasteiger partial charge in [0.15, 0.2) is 5.78 Å². The number of benzene rings is 2. The second kappa shape index (κ2) is 8.45. The minimum Gasteiger partial charge on any atom is -0.506 e. The van der Waals surface area contributed by atoms with Crippen LogP contribution in [-0.4, -0.2) is 28.4 Å². The number of aromatic hydroxyl groups is 1. The summed E-state index contributed by atoms with van der Waals surface area (Å²) in [7, 11) is 0. The molecule has 0 spiro atoms. The Morgan fingerprint density at radius 1 is 1.00 bits per heavy atom. The molecule has 0 aliphatic carbocycles. The molecule has 1 aromatic heterocycles. The molecule has 0 atom stereocenters. The fraction of sp³-hybridized carbons (Fsp3) is 0.227. The van der Waals surface area contributed by atoms with Gasteiger partial charge in [-0.3, -0.25) is 9.59 Å². The third kappa shape index (κ3) is 4.70. The van der Waals surface area contributed by atoms with Gasteiger partial charge in [0.25, 0.3) is 0 Å². The second-order valence-electron chi connectivity index (χ2n) is 6.27. The molecule has 0 radical (unpaired) electrons. The summed E-state index contributed by atoms with van der Waals surface area (Å²) < 4.78 is 4.82. The van der Waals surface area contributed by atoms with Crippen molar-refractivity contribution >= 4 is 22.7 Å². The Kier molecular flexibility index (Phi) is 5.81. The molecule has 3 aromatic rings. The monoisotopic (exact) mass is 363 g/mol. The number of aromatic nitrogens is 1. The van der Waals surface area contributed by atoms with Crippen molar-refractivity contribution in [3.8, 4) is 5.75 Å². The van der Waals surface area contributed by atoms with Crippen LogP contribution in [0.2, 0.25) is 0 Å². The van der Waals surface area contributed by atoms with E-state index in [9.17, 15) is 14.7 Å². The van der Waals surface area contributed by atoms with Crippen LogP contribution < -0.4 is 0 Å². The Morgan fingerprint density at radius 3 is 2.52 bits per heavy atom. The predicted molar refractivity (Wildman–Crippen MR) is 103 cm³/mol. The normalized spacial score (nSPS) is 10.7. The summed E-state index contributed by atoms with van der Waals surface area (Å²) in [5, 5.41) is 11.0. The first kappa shape index (κ1) is 18.6. The summed E-state index contributed by atoms with van der Waals surface area (Å²) in [4.78, 5) is 28.0. The molecule has 0 bridgehead atoms. The van der Waals surface area contributed by atoms with Crippen LogP contribution in [-0.2, 0) is 16.0 Å². The van der Waals surface area contributed by atoms with E-state index in [0.717, 1.165) is 17.4 Å². The minimum absolute atomic E-state index is 0.0115. The van der Waals surface area contributed by atoms with E-state index >= 15 is 0 Å². The molecule has 0 aliphatic rings. The molecular weight excluding hydrogens is 342 g/mol. The van der Waals surface area contributed by atoms with Gasteiger partial charge in [0, 0.05) is 11.8 Å². The molecule has 138 valence electrons. The average Bonchev–Trinajstić information content (AvgIpc) is 2.66. The molecule has 0 saturated carbocycles. The van der Waals surface area contributed by atoms with Crippen molar-refractivity contribution in [2.45, 2.75) is 26.2 Å². The number of pyridine rings is 1. The molecule has 2 aromatic carbocycles. The Labute approximate surface area is 157 Å².